The molecule has 2 fully saturated rings. The van der Waals surface area contributed by atoms with Crippen molar-refractivity contribution >= 4 is 57.2 Å². The van der Waals surface area contributed by atoms with Crippen LogP contribution in [0, 0.1) is 11.3 Å². The summed E-state index contributed by atoms with van der Waals surface area (Å²) in [7, 11) is 2.11. The quantitative estimate of drug-likeness (QED) is 0.359. The van der Waals surface area contributed by atoms with Gasteiger partial charge in [0.1, 0.15) is 0 Å². The van der Waals surface area contributed by atoms with E-state index in [0.717, 1.165) is 32.1 Å². The Morgan fingerprint density at radius 1 is 1.50 bits per heavy atom. The molecule has 1 saturated carbocycles. The molecule has 1 aromatic rings. The summed E-state index contributed by atoms with van der Waals surface area (Å²) in [5, 5.41) is 3.73. The second-order valence-corrected chi connectivity index (χ2v) is 9.59. The Balaban J connectivity index is 0.00000208. The molecule has 1 N–H and O–H groups in total. The Labute approximate surface area is 174 Å². The minimum atomic E-state index is 0. The lowest BCUT2D eigenvalue weighted by Gasteiger charge is -2.55. The molecule has 3 unspecified atom stereocenters. The highest BCUT2D eigenvalue weighted by atomic mass is 127. The van der Waals surface area contributed by atoms with E-state index in [0.29, 0.717) is 18.1 Å². The Kier molecular flexibility index (Phi) is 7.01. The number of nitrogens with zero attached hydrogens (tertiary/aromatic N) is 2. The third-order valence-electron chi connectivity index (χ3n) is 5.08. The lowest BCUT2D eigenvalue weighted by molar-refractivity contribution is -0.107. The summed E-state index contributed by atoms with van der Waals surface area (Å²) < 4.78 is 7.08. The number of rotatable bonds is 4. The Hall–Kier alpha value is 0.140. The first-order valence-corrected chi connectivity index (χ1v) is 9.92. The lowest BCUT2D eigenvalue weighted by atomic mass is 9.57. The number of hydrogen-bond donors (Lipinski definition) is 1. The molecule has 1 aliphatic carbocycles. The number of fused-ring (bicyclic) bond motifs is 1. The zero-order valence-corrected chi connectivity index (χ0v) is 19.4. The van der Waals surface area contributed by atoms with Gasteiger partial charge in [-0.25, -0.2) is 0 Å². The zero-order chi connectivity index (χ0) is 16.6. The standard InChI is InChI=1S/C17H26BrN3OS.HI/c1-5-19-16(21(4)10-11-6-7-13(18)23-11)20-14-12-8-9-22-15(12)17(14,2)3;/h6-7,12,14-15H,5,8-10H2,1-4H3,(H,19,20);1H. The largest absolute Gasteiger partial charge is 0.377 e. The van der Waals surface area contributed by atoms with Crippen LogP contribution in [0.15, 0.2) is 20.9 Å². The van der Waals surface area contributed by atoms with Crippen LogP contribution in [0.1, 0.15) is 32.1 Å². The van der Waals surface area contributed by atoms with E-state index in [1.54, 1.807) is 11.3 Å². The molecular formula is C17H27BrIN3OS. The molecule has 3 atom stereocenters. The van der Waals surface area contributed by atoms with Gasteiger partial charge in [-0.15, -0.1) is 35.3 Å². The SMILES string of the molecule is CCN=C(NC1C2CCOC2C1(C)C)N(C)Cc1ccc(Br)s1.I. The van der Waals surface area contributed by atoms with E-state index in [1.165, 1.54) is 8.66 Å². The van der Waals surface area contributed by atoms with E-state index in [9.17, 15) is 0 Å². The number of halogens is 2. The first-order chi connectivity index (χ1) is 10.9. The fourth-order valence-corrected chi connectivity index (χ4v) is 5.46. The summed E-state index contributed by atoms with van der Waals surface area (Å²) in [4.78, 5) is 8.27. The number of thiophene rings is 1. The maximum atomic E-state index is 5.90. The van der Waals surface area contributed by atoms with E-state index in [4.69, 9.17) is 9.73 Å². The summed E-state index contributed by atoms with van der Waals surface area (Å²) in [6, 6.07) is 4.72. The predicted molar refractivity (Wildman–Crippen MR) is 115 cm³/mol. The Morgan fingerprint density at radius 2 is 2.25 bits per heavy atom. The first kappa shape index (κ1) is 20.5. The average molecular weight is 528 g/mol. The van der Waals surface area contributed by atoms with Gasteiger partial charge in [-0.2, -0.15) is 0 Å². The molecule has 1 aromatic heterocycles. The van der Waals surface area contributed by atoms with Crippen molar-refractivity contribution in [3.8, 4) is 0 Å². The van der Waals surface area contributed by atoms with Crippen molar-refractivity contribution in [3.05, 3.63) is 20.8 Å². The molecule has 1 aliphatic heterocycles. The van der Waals surface area contributed by atoms with E-state index in [1.807, 2.05) is 0 Å². The van der Waals surface area contributed by atoms with Crippen LogP contribution in [0.2, 0.25) is 0 Å². The maximum Gasteiger partial charge on any atom is 0.194 e. The summed E-state index contributed by atoms with van der Waals surface area (Å²) in [6.07, 6.45) is 1.56. The summed E-state index contributed by atoms with van der Waals surface area (Å²) in [5.41, 5.74) is 0.169. The average Bonchev–Trinajstić information content (AvgIpc) is 3.11. The third kappa shape index (κ3) is 3.94. The normalized spacial score (nSPS) is 27.9. The smallest absolute Gasteiger partial charge is 0.194 e. The van der Waals surface area contributed by atoms with Gasteiger partial charge in [-0.3, -0.25) is 4.99 Å². The molecule has 7 heteroatoms. The van der Waals surface area contributed by atoms with Gasteiger partial charge in [-0.1, -0.05) is 13.8 Å². The number of nitrogens with one attached hydrogen (secondary N) is 1. The molecule has 2 aliphatic rings. The highest BCUT2D eigenvalue weighted by Crippen LogP contribution is 2.52. The molecule has 0 amide bonds. The molecule has 136 valence electrons. The molecule has 24 heavy (non-hydrogen) atoms. The van der Waals surface area contributed by atoms with Gasteiger partial charge in [0.05, 0.1) is 16.4 Å². The van der Waals surface area contributed by atoms with Crippen LogP contribution in [0.4, 0.5) is 0 Å². The first-order valence-electron chi connectivity index (χ1n) is 8.31. The molecular weight excluding hydrogens is 501 g/mol. The summed E-state index contributed by atoms with van der Waals surface area (Å²) in [5.74, 6) is 1.62. The zero-order valence-electron chi connectivity index (χ0n) is 14.7. The number of hydrogen-bond acceptors (Lipinski definition) is 3. The van der Waals surface area contributed by atoms with Crippen LogP contribution in [0.25, 0.3) is 0 Å². The van der Waals surface area contributed by atoms with Gasteiger partial charge in [-0.05, 0) is 41.4 Å². The predicted octanol–water partition coefficient (Wildman–Crippen LogP) is 4.34. The molecule has 3 rings (SSSR count). The molecule has 1 saturated heterocycles. The van der Waals surface area contributed by atoms with Crippen LogP contribution >= 0.6 is 51.2 Å². The van der Waals surface area contributed by atoms with Gasteiger partial charge in [0.15, 0.2) is 5.96 Å². The molecule has 4 nitrogen and oxygen atoms in total. The number of ether oxygens (including phenoxy) is 1. The van der Waals surface area contributed by atoms with Crippen molar-refractivity contribution in [3.63, 3.8) is 0 Å². The highest BCUT2D eigenvalue weighted by Gasteiger charge is 2.59. The Bertz CT molecular complexity index is 592. The molecule has 0 bridgehead atoms. The van der Waals surface area contributed by atoms with Crippen LogP contribution < -0.4 is 5.32 Å². The van der Waals surface area contributed by atoms with Crippen molar-refractivity contribution in [2.75, 3.05) is 20.2 Å². The summed E-state index contributed by atoms with van der Waals surface area (Å²) >= 11 is 5.31. The Morgan fingerprint density at radius 3 is 2.88 bits per heavy atom. The van der Waals surface area contributed by atoms with Crippen molar-refractivity contribution < 1.29 is 4.74 Å². The van der Waals surface area contributed by atoms with E-state index in [2.05, 4.69) is 66.1 Å². The van der Waals surface area contributed by atoms with Crippen LogP contribution in [-0.2, 0) is 11.3 Å². The van der Waals surface area contributed by atoms with Crippen LogP contribution in [-0.4, -0.2) is 43.2 Å². The van der Waals surface area contributed by atoms with Crippen molar-refractivity contribution in [1.82, 2.24) is 10.2 Å². The van der Waals surface area contributed by atoms with Crippen molar-refractivity contribution in [2.45, 2.75) is 45.9 Å². The third-order valence-corrected chi connectivity index (χ3v) is 6.68. The molecule has 0 aromatic carbocycles. The number of aliphatic imine (C=N–C) groups is 1. The van der Waals surface area contributed by atoms with Gasteiger partial charge in [0.25, 0.3) is 0 Å². The van der Waals surface area contributed by atoms with Gasteiger partial charge >= 0.3 is 0 Å². The number of guanidine groups is 1. The van der Waals surface area contributed by atoms with Crippen LogP contribution in [0.3, 0.4) is 0 Å². The molecule has 0 radical (unpaired) electrons. The van der Waals surface area contributed by atoms with Gasteiger partial charge in [0, 0.05) is 42.5 Å². The van der Waals surface area contributed by atoms with Gasteiger partial charge < -0.3 is 15.0 Å². The van der Waals surface area contributed by atoms with Crippen molar-refractivity contribution in [1.29, 1.82) is 0 Å². The van der Waals surface area contributed by atoms with E-state index < -0.39 is 0 Å². The topological polar surface area (TPSA) is 36.9 Å². The van der Waals surface area contributed by atoms with E-state index >= 15 is 0 Å². The fourth-order valence-electron chi connectivity index (χ4n) is 3.93. The highest BCUT2D eigenvalue weighted by molar-refractivity contribution is 14.0. The van der Waals surface area contributed by atoms with Crippen LogP contribution in [0.5, 0.6) is 0 Å². The minimum absolute atomic E-state index is 0. The molecule has 0 spiro atoms. The fraction of sp³-hybridized carbons (Fsp3) is 0.706. The summed E-state index contributed by atoms with van der Waals surface area (Å²) in [6.45, 7) is 9.26. The lowest BCUT2D eigenvalue weighted by Crippen LogP contribution is -2.67. The second-order valence-electron chi connectivity index (χ2n) is 7.05. The van der Waals surface area contributed by atoms with Gasteiger partial charge in [0.2, 0.25) is 0 Å². The maximum absolute atomic E-state index is 5.90. The van der Waals surface area contributed by atoms with Crippen molar-refractivity contribution in [2.24, 2.45) is 16.3 Å². The molecule has 2 heterocycles. The monoisotopic (exact) mass is 527 g/mol. The minimum Gasteiger partial charge on any atom is -0.377 e. The second kappa shape index (κ2) is 8.22. The van der Waals surface area contributed by atoms with E-state index in [-0.39, 0.29) is 29.4 Å².